The van der Waals surface area contributed by atoms with Crippen LogP contribution in [0.1, 0.15) is 29.0 Å². The molecular weight excluding hydrogens is 264 g/mol. The third kappa shape index (κ3) is 3.42. The summed E-state index contributed by atoms with van der Waals surface area (Å²) in [4.78, 5) is 10.9. The van der Waals surface area contributed by atoms with E-state index in [0.717, 1.165) is 5.56 Å². The summed E-state index contributed by atoms with van der Waals surface area (Å²) in [7, 11) is 0. The summed E-state index contributed by atoms with van der Waals surface area (Å²) in [6.45, 7) is 1.99. The number of amides is 1. The first-order valence-corrected chi connectivity index (χ1v) is 6.09. The van der Waals surface area contributed by atoms with Crippen molar-refractivity contribution in [3.63, 3.8) is 0 Å². The van der Waals surface area contributed by atoms with Crippen LogP contribution >= 0.6 is 11.6 Å². The number of carbonyl (C=O) groups is 1. The average molecular weight is 277 g/mol. The Hall–Kier alpha value is -2.14. The van der Waals surface area contributed by atoms with Gasteiger partial charge in [-0.25, -0.2) is 0 Å². The number of hydrogen-bond acceptors (Lipinski definition) is 4. The standard InChI is InChI=1S/C13H13ClN4O/c1-8(9-2-4-10(14)5-3-9)16-12-7-6-11(13(15)19)17-18-12/h2-8H,1H3,(H2,15,19)(H,16,18). The Morgan fingerprint density at radius 3 is 2.42 bits per heavy atom. The Balaban J connectivity index is 2.08. The predicted octanol–water partition coefficient (Wildman–Crippen LogP) is 2.40. The number of aromatic nitrogens is 2. The summed E-state index contributed by atoms with van der Waals surface area (Å²) in [5.74, 6) is -0.0164. The van der Waals surface area contributed by atoms with E-state index in [1.165, 1.54) is 6.07 Å². The van der Waals surface area contributed by atoms with Gasteiger partial charge in [0.1, 0.15) is 5.82 Å². The lowest BCUT2D eigenvalue weighted by Crippen LogP contribution is -2.15. The second-order valence-electron chi connectivity index (χ2n) is 4.09. The van der Waals surface area contributed by atoms with E-state index in [1.807, 2.05) is 31.2 Å². The van der Waals surface area contributed by atoms with Gasteiger partial charge in [0, 0.05) is 5.02 Å². The number of halogens is 1. The molecule has 2 rings (SSSR count). The van der Waals surface area contributed by atoms with Gasteiger partial charge in [0.25, 0.3) is 5.91 Å². The molecule has 0 spiro atoms. The number of carbonyl (C=O) groups excluding carboxylic acids is 1. The van der Waals surface area contributed by atoms with E-state index < -0.39 is 5.91 Å². The number of hydrogen-bond donors (Lipinski definition) is 2. The van der Waals surface area contributed by atoms with Crippen molar-refractivity contribution in [1.82, 2.24) is 10.2 Å². The monoisotopic (exact) mass is 276 g/mol. The summed E-state index contributed by atoms with van der Waals surface area (Å²) >= 11 is 5.84. The predicted molar refractivity (Wildman–Crippen MR) is 74.0 cm³/mol. The second kappa shape index (κ2) is 5.67. The van der Waals surface area contributed by atoms with Gasteiger partial charge in [0.15, 0.2) is 5.69 Å². The molecule has 0 bridgehead atoms. The highest BCUT2D eigenvalue weighted by Crippen LogP contribution is 2.19. The molecule has 1 heterocycles. The van der Waals surface area contributed by atoms with Crippen molar-refractivity contribution in [3.05, 3.63) is 52.7 Å². The van der Waals surface area contributed by atoms with Crippen molar-refractivity contribution < 1.29 is 4.79 Å². The Bertz CT molecular complexity index is 568. The maximum Gasteiger partial charge on any atom is 0.269 e. The Labute approximate surface area is 115 Å². The zero-order valence-electron chi connectivity index (χ0n) is 10.3. The molecule has 0 aliphatic heterocycles. The molecule has 1 atom stereocenters. The van der Waals surface area contributed by atoms with Gasteiger partial charge in [-0.1, -0.05) is 23.7 Å². The fourth-order valence-corrected chi connectivity index (χ4v) is 1.72. The Morgan fingerprint density at radius 1 is 1.21 bits per heavy atom. The van der Waals surface area contributed by atoms with Crippen molar-refractivity contribution in [2.75, 3.05) is 5.32 Å². The third-order valence-electron chi connectivity index (χ3n) is 2.65. The molecule has 1 aromatic heterocycles. The van der Waals surface area contributed by atoms with Crippen LogP contribution in [-0.4, -0.2) is 16.1 Å². The van der Waals surface area contributed by atoms with Gasteiger partial charge in [0.05, 0.1) is 6.04 Å². The fraction of sp³-hybridized carbons (Fsp3) is 0.154. The van der Waals surface area contributed by atoms with Gasteiger partial charge < -0.3 is 11.1 Å². The molecule has 6 heteroatoms. The van der Waals surface area contributed by atoms with Gasteiger partial charge in [-0.05, 0) is 36.8 Å². The number of primary amides is 1. The molecule has 98 valence electrons. The molecule has 2 aromatic rings. The van der Waals surface area contributed by atoms with E-state index in [1.54, 1.807) is 6.07 Å². The summed E-state index contributed by atoms with van der Waals surface area (Å²) in [5.41, 5.74) is 6.31. The van der Waals surface area contributed by atoms with Crippen molar-refractivity contribution in [3.8, 4) is 0 Å². The lowest BCUT2D eigenvalue weighted by molar-refractivity contribution is 0.0994. The first-order valence-electron chi connectivity index (χ1n) is 5.72. The Morgan fingerprint density at radius 2 is 1.89 bits per heavy atom. The van der Waals surface area contributed by atoms with Crippen LogP contribution in [0.15, 0.2) is 36.4 Å². The highest BCUT2D eigenvalue weighted by atomic mass is 35.5. The van der Waals surface area contributed by atoms with E-state index in [0.29, 0.717) is 10.8 Å². The number of nitrogens with one attached hydrogen (secondary N) is 1. The molecule has 3 N–H and O–H groups in total. The van der Waals surface area contributed by atoms with Gasteiger partial charge in [-0.15, -0.1) is 10.2 Å². The van der Waals surface area contributed by atoms with Gasteiger partial charge in [0.2, 0.25) is 0 Å². The molecule has 1 unspecified atom stereocenters. The van der Waals surface area contributed by atoms with Crippen LogP contribution in [0.5, 0.6) is 0 Å². The topological polar surface area (TPSA) is 80.9 Å². The smallest absolute Gasteiger partial charge is 0.269 e. The Kier molecular flexibility index (Phi) is 3.97. The molecule has 5 nitrogen and oxygen atoms in total. The average Bonchev–Trinajstić information content (AvgIpc) is 2.40. The molecule has 0 saturated carbocycles. The van der Waals surface area contributed by atoms with E-state index >= 15 is 0 Å². The van der Waals surface area contributed by atoms with Crippen LogP contribution in [0.3, 0.4) is 0 Å². The van der Waals surface area contributed by atoms with E-state index in [2.05, 4.69) is 15.5 Å². The van der Waals surface area contributed by atoms with E-state index in [4.69, 9.17) is 17.3 Å². The summed E-state index contributed by atoms with van der Waals surface area (Å²) in [5, 5.41) is 11.5. The molecule has 0 aliphatic rings. The molecule has 19 heavy (non-hydrogen) atoms. The van der Waals surface area contributed by atoms with E-state index in [9.17, 15) is 4.79 Å². The zero-order chi connectivity index (χ0) is 13.8. The van der Waals surface area contributed by atoms with Crippen molar-refractivity contribution in [1.29, 1.82) is 0 Å². The van der Waals surface area contributed by atoms with Crippen LogP contribution in [0.2, 0.25) is 5.02 Å². The van der Waals surface area contributed by atoms with Crippen LogP contribution in [0, 0.1) is 0 Å². The first-order chi connectivity index (χ1) is 9.06. The maximum absolute atomic E-state index is 10.9. The molecule has 1 aromatic carbocycles. The second-order valence-corrected chi connectivity index (χ2v) is 4.52. The largest absolute Gasteiger partial charge is 0.364 e. The van der Waals surface area contributed by atoms with E-state index in [-0.39, 0.29) is 11.7 Å². The zero-order valence-corrected chi connectivity index (χ0v) is 11.1. The third-order valence-corrected chi connectivity index (χ3v) is 2.90. The van der Waals surface area contributed by atoms with Crippen molar-refractivity contribution in [2.24, 2.45) is 5.73 Å². The van der Waals surface area contributed by atoms with Crippen LogP contribution in [0.25, 0.3) is 0 Å². The van der Waals surface area contributed by atoms with Crippen LogP contribution in [-0.2, 0) is 0 Å². The summed E-state index contributed by atoms with van der Waals surface area (Å²) in [6, 6.07) is 10.8. The molecule has 1 amide bonds. The fourth-order valence-electron chi connectivity index (χ4n) is 1.60. The quantitative estimate of drug-likeness (QED) is 0.898. The first kappa shape index (κ1) is 13.3. The number of benzene rings is 1. The molecule has 0 aliphatic carbocycles. The minimum absolute atomic E-state index is 0.0472. The highest BCUT2D eigenvalue weighted by Gasteiger charge is 2.07. The molecule has 0 saturated heterocycles. The van der Waals surface area contributed by atoms with Crippen LogP contribution in [0.4, 0.5) is 5.82 Å². The summed E-state index contributed by atoms with van der Waals surface area (Å²) in [6.07, 6.45) is 0. The summed E-state index contributed by atoms with van der Waals surface area (Å²) < 4.78 is 0. The number of nitrogens with two attached hydrogens (primary N) is 1. The molecule has 0 fully saturated rings. The SMILES string of the molecule is CC(Nc1ccc(C(N)=O)nn1)c1ccc(Cl)cc1. The van der Waals surface area contributed by atoms with Crippen molar-refractivity contribution >= 4 is 23.3 Å². The van der Waals surface area contributed by atoms with Crippen molar-refractivity contribution in [2.45, 2.75) is 13.0 Å². The number of nitrogens with zero attached hydrogens (tertiary/aromatic N) is 2. The molecular formula is C13H13ClN4O. The lowest BCUT2D eigenvalue weighted by Gasteiger charge is -2.14. The minimum atomic E-state index is -0.593. The normalized spacial score (nSPS) is 11.9. The maximum atomic E-state index is 10.9. The van der Waals surface area contributed by atoms with Crippen LogP contribution < -0.4 is 11.1 Å². The highest BCUT2D eigenvalue weighted by molar-refractivity contribution is 6.30. The van der Waals surface area contributed by atoms with Gasteiger partial charge in [-0.2, -0.15) is 0 Å². The lowest BCUT2D eigenvalue weighted by atomic mass is 10.1. The van der Waals surface area contributed by atoms with Gasteiger partial charge in [-0.3, -0.25) is 4.79 Å². The number of anilines is 1. The minimum Gasteiger partial charge on any atom is -0.364 e. The molecule has 0 radical (unpaired) electrons. The number of rotatable bonds is 4. The van der Waals surface area contributed by atoms with Gasteiger partial charge >= 0.3 is 0 Å².